The van der Waals surface area contributed by atoms with Crippen LogP contribution in [0.4, 0.5) is 5.69 Å². The van der Waals surface area contributed by atoms with Gasteiger partial charge in [0.15, 0.2) is 0 Å². The van der Waals surface area contributed by atoms with Gasteiger partial charge < -0.3 is 4.90 Å². The minimum atomic E-state index is 0.540. The third-order valence-electron chi connectivity index (χ3n) is 6.19. The summed E-state index contributed by atoms with van der Waals surface area (Å²) < 4.78 is 0. The van der Waals surface area contributed by atoms with E-state index in [0.717, 1.165) is 32.1 Å². The average Bonchev–Trinajstić information content (AvgIpc) is 3.18. The first-order chi connectivity index (χ1) is 14.3. The maximum absolute atomic E-state index is 2.44. The molecule has 0 saturated carbocycles. The van der Waals surface area contributed by atoms with Gasteiger partial charge in [-0.3, -0.25) is 0 Å². The van der Waals surface area contributed by atoms with Crippen LogP contribution in [0, 0.1) is 0 Å². The largest absolute Gasteiger partial charge is 0.371 e. The van der Waals surface area contributed by atoms with Crippen LogP contribution in [0.2, 0.25) is 0 Å². The van der Waals surface area contributed by atoms with Crippen molar-refractivity contribution in [2.75, 3.05) is 11.9 Å². The van der Waals surface area contributed by atoms with Gasteiger partial charge in [-0.05, 0) is 66.9 Å². The molecule has 2 aromatic carbocycles. The monoisotopic (exact) mass is 381 g/mol. The van der Waals surface area contributed by atoms with Crippen LogP contribution in [0.5, 0.6) is 0 Å². The molecule has 0 spiro atoms. The molecule has 0 fully saturated rings. The number of benzene rings is 2. The summed E-state index contributed by atoms with van der Waals surface area (Å²) >= 11 is 0. The predicted octanol–water partition coefficient (Wildman–Crippen LogP) is 7.00. The minimum absolute atomic E-state index is 0.540. The molecule has 0 radical (unpaired) electrons. The summed E-state index contributed by atoms with van der Waals surface area (Å²) in [6, 6.07) is 20.6. The van der Waals surface area contributed by atoms with Crippen molar-refractivity contribution in [3.05, 3.63) is 114 Å². The molecule has 0 aliphatic heterocycles. The van der Waals surface area contributed by atoms with Crippen LogP contribution < -0.4 is 4.90 Å². The molecule has 0 aromatic heterocycles. The van der Waals surface area contributed by atoms with Crippen LogP contribution in [0.15, 0.2) is 103 Å². The SMILES string of the molecule is CN(c1ccc(CC2=CCC(c3ccccc3)CC=C2)cc1)C1CC=CC=CC1. The summed E-state index contributed by atoms with van der Waals surface area (Å²) in [6.45, 7) is 0. The van der Waals surface area contributed by atoms with Crippen molar-refractivity contribution in [2.24, 2.45) is 0 Å². The Hall–Kier alpha value is -2.80. The van der Waals surface area contributed by atoms with Gasteiger partial charge in [0, 0.05) is 18.8 Å². The second kappa shape index (κ2) is 9.60. The fourth-order valence-corrected chi connectivity index (χ4v) is 4.31. The summed E-state index contributed by atoms with van der Waals surface area (Å²) in [4.78, 5) is 2.42. The van der Waals surface area contributed by atoms with Gasteiger partial charge in [-0.25, -0.2) is 0 Å². The maximum Gasteiger partial charge on any atom is 0.0366 e. The van der Waals surface area contributed by atoms with Crippen LogP contribution in [0.1, 0.15) is 42.7 Å². The lowest BCUT2D eigenvalue weighted by molar-refractivity contribution is 0.648. The normalized spacial score (nSPS) is 19.5. The van der Waals surface area contributed by atoms with E-state index in [9.17, 15) is 0 Å². The van der Waals surface area contributed by atoms with Gasteiger partial charge in [-0.2, -0.15) is 0 Å². The fourth-order valence-electron chi connectivity index (χ4n) is 4.31. The summed E-state index contributed by atoms with van der Waals surface area (Å²) in [5.41, 5.74) is 5.57. The lowest BCUT2D eigenvalue weighted by atomic mass is 9.93. The molecule has 2 aliphatic rings. The average molecular weight is 382 g/mol. The lowest BCUT2D eigenvalue weighted by Gasteiger charge is -2.28. The Morgan fingerprint density at radius 3 is 2.24 bits per heavy atom. The van der Waals surface area contributed by atoms with Crippen molar-refractivity contribution >= 4 is 5.69 Å². The molecule has 1 heteroatoms. The van der Waals surface area contributed by atoms with E-state index in [-0.39, 0.29) is 0 Å². The molecule has 1 unspecified atom stereocenters. The fraction of sp³-hybridized carbons (Fsp3) is 0.286. The summed E-state index contributed by atoms with van der Waals surface area (Å²) in [7, 11) is 2.22. The van der Waals surface area contributed by atoms with Crippen molar-refractivity contribution < 1.29 is 0 Å². The molecular weight excluding hydrogens is 350 g/mol. The number of hydrogen-bond acceptors (Lipinski definition) is 1. The quantitative estimate of drug-likeness (QED) is 0.539. The van der Waals surface area contributed by atoms with Gasteiger partial charge in [0.05, 0.1) is 0 Å². The smallest absolute Gasteiger partial charge is 0.0366 e. The first kappa shape index (κ1) is 19.5. The zero-order chi connectivity index (χ0) is 19.9. The summed E-state index contributed by atoms with van der Waals surface area (Å²) in [6.07, 6.45) is 21.4. The highest BCUT2D eigenvalue weighted by Gasteiger charge is 2.14. The molecule has 0 saturated heterocycles. The Kier molecular flexibility index (Phi) is 6.46. The van der Waals surface area contributed by atoms with Gasteiger partial charge in [-0.15, -0.1) is 0 Å². The van der Waals surface area contributed by atoms with Gasteiger partial charge in [0.2, 0.25) is 0 Å². The van der Waals surface area contributed by atoms with E-state index in [4.69, 9.17) is 0 Å². The molecule has 1 atom stereocenters. The molecule has 1 nitrogen and oxygen atoms in total. The Morgan fingerprint density at radius 2 is 1.52 bits per heavy atom. The molecule has 0 heterocycles. The molecule has 0 bridgehead atoms. The van der Waals surface area contributed by atoms with Gasteiger partial charge in [0.1, 0.15) is 0 Å². The van der Waals surface area contributed by atoms with E-state index in [0.29, 0.717) is 12.0 Å². The van der Waals surface area contributed by atoms with E-state index in [1.165, 1.54) is 22.4 Å². The number of rotatable bonds is 5. The third-order valence-corrected chi connectivity index (χ3v) is 6.19. The van der Waals surface area contributed by atoms with E-state index < -0.39 is 0 Å². The molecule has 0 amide bonds. The number of nitrogens with zero attached hydrogens (tertiary/aromatic N) is 1. The Labute approximate surface area is 175 Å². The Morgan fingerprint density at radius 1 is 0.793 bits per heavy atom. The minimum Gasteiger partial charge on any atom is -0.371 e. The standard InChI is InChI=1S/C28H31N/c1-29(27-14-7-2-3-8-15-27)28-20-17-24(18-21-28)22-23-10-9-13-26(19-16-23)25-11-5-4-6-12-25/h2-12,16-18,20-21,26-27H,13-15,19,22H2,1H3. The van der Waals surface area contributed by atoms with E-state index in [2.05, 4.69) is 109 Å². The molecule has 4 rings (SSSR count). The first-order valence-corrected chi connectivity index (χ1v) is 10.8. The molecule has 29 heavy (non-hydrogen) atoms. The highest BCUT2D eigenvalue weighted by Crippen LogP contribution is 2.29. The second-order valence-corrected chi connectivity index (χ2v) is 8.20. The van der Waals surface area contributed by atoms with Crippen molar-refractivity contribution in [1.29, 1.82) is 0 Å². The van der Waals surface area contributed by atoms with Crippen molar-refractivity contribution in [2.45, 2.75) is 44.1 Å². The van der Waals surface area contributed by atoms with Crippen LogP contribution in [0.25, 0.3) is 0 Å². The molecular formula is C28H31N. The van der Waals surface area contributed by atoms with Crippen LogP contribution in [-0.4, -0.2) is 13.1 Å². The van der Waals surface area contributed by atoms with E-state index >= 15 is 0 Å². The Bertz CT molecular complexity index is 885. The highest BCUT2D eigenvalue weighted by molar-refractivity contribution is 5.49. The topological polar surface area (TPSA) is 3.24 Å². The zero-order valence-corrected chi connectivity index (χ0v) is 17.4. The zero-order valence-electron chi connectivity index (χ0n) is 17.4. The second-order valence-electron chi connectivity index (χ2n) is 8.20. The number of allylic oxidation sites excluding steroid dienone is 6. The third kappa shape index (κ3) is 5.17. The highest BCUT2D eigenvalue weighted by atomic mass is 15.1. The van der Waals surface area contributed by atoms with Crippen LogP contribution >= 0.6 is 0 Å². The van der Waals surface area contributed by atoms with E-state index in [1.807, 2.05) is 0 Å². The molecule has 0 N–H and O–H groups in total. The number of hydrogen-bond donors (Lipinski definition) is 0. The van der Waals surface area contributed by atoms with Crippen LogP contribution in [0.3, 0.4) is 0 Å². The van der Waals surface area contributed by atoms with Crippen molar-refractivity contribution in [3.63, 3.8) is 0 Å². The lowest BCUT2D eigenvalue weighted by Crippen LogP contribution is -2.30. The van der Waals surface area contributed by atoms with E-state index in [1.54, 1.807) is 0 Å². The predicted molar refractivity (Wildman–Crippen MR) is 125 cm³/mol. The maximum atomic E-state index is 2.44. The molecule has 148 valence electrons. The first-order valence-electron chi connectivity index (χ1n) is 10.8. The Balaban J connectivity index is 1.39. The van der Waals surface area contributed by atoms with Gasteiger partial charge in [0.25, 0.3) is 0 Å². The van der Waals surface area contributed by atoms with Gasteiger partial charge >= 0.3 is 0 Å². The molecule has 2 aliphatic carbocycles. The van der Waals surface area contributed by atoms with Crippen LogP contribution in [-0.2, 0) is 6.42 Å². The summed E-state index contributed by atoms with van der Waals surface area (Å²) in [5, 5.41) is 0. The summed E-state index contributed by atoms with van der Waals surface area (Å²) in [5.74, 6) is 0.601. The van der Waals surface area contributed by atoms with Crippen molar-refractivity contribution in [3.8, 4) is 0 Å². The molecule has 2 aromatic rings. The number of anilines is 1. The van der Waals surface area contributed by atoms with Gasteiger partial charge in [-0.1, -0.05) is 85.0 Å². The van der Waals surface area contributed by atoms with Crippen molar-refractivity contribution in [1.82, 2.24) is 0 Å².